The largest absolute Gasteiger partial charge is 0.289 e. The molecular weight excluding hydrogens is 340 g/mol. The van der Waals surface area contributed by atoms with Gasteiger partial charge in [0.05, 0.1) is 11.7 Å². The van der Waals surface area contributed by atoms with E-state index in [0.717, 1.165) is 6.42 Å². The van der Waals surface area contributed by atoms with Crippen LogP contribution in [0.1, 0.15) is 36.8 Å². The average molecular weight is 362 g/mol. The van der Waals surface area contributed by atoms with Crippen molar-refractivity contribution in [3.63, 3.8) is 0 Å². The fourth-order valence-corrected chi connectivity index (χ4v) is 3.81. The molecule has 0 aliphatic rings. The lowest BCUT2D eigenvalue weighted by atomic mass is 9.90. The first-order valence-electron chi connectivity index (χ1n) is 8.06. The summed E-state index contributed by atoms with van der Waals surface area (Å²) in [4.78, 5) is 12.2. The van der Waals surface area contributed by atoms with Gasteiger partial charge in [0, 0.05) is 5.69 Å². The number of hydrogen-bond donors (Lipinski definition) is 3. The van der Waals surface area contributed by atoms with Crippen LogP contribution in [0.4, 0.5) is 5.69 Å². The van der Waals surface area contributed by atoms with E-state index in [-0.39, 0.29) is 5.75 Å². The lowest BCUT2D eigenvalue weighted by molar-refractivity contribution is -0.129. The molecule has 1 amide bonds. The summed E-state index contributed by atoms with van der Waals surface area (Å²) in [5.74, 6) is -1.28. The Kier molecular flexibility index (Phi) is 6.55. The number of unbranched alkanes of at least 4 members (excludes halogenated alkanes) is 1. The Bertz CT molecular complexity index is 807. The van der Waals surface area contributed by atoms with Gasteiger partial charge in [0.25, 0.3) is 5.91 Å². The second-order valence-electron chi connectivity index (χ2n) is 5.72. The van der Waals surface area contributed by atoms with Gasteiger partial charge >= 0.3 is 0 Å². The van der Waals surface area contributed by atoms with Gasteiger partial charge in [-0.3, -0.25) is 14.7 Å². The van der Waals surface area contributed by atoms with Crippen molar-refractivity contribution in [2.75, 3.05) is 10.5 Å². The number of amides is 1. The highest BCUT2D eigenvalue weighted by molar-refractivity contribution is 7.92. The molecular formula is C18H22N2O4S. The van der Waals surface area contributed by atoms with Crippen molar-refractivity contribution in [2.24, 2.45) is 0 Å². The molecule has 0 radical (unpaired) electrons. The van der Waals surface area contributed by atoms with Crippen LogP contribution in [0.5, 0.6) is 0 Å². The molecule has 0 fully saturated rings. The maximum Gasteiger partial charge on any atom is 0.255 e. The molecule has 0 spiro atoms. The summed E-state index contributed by atoms with van der Waals surface area (Å²) in [5.41, 5.74) is 3.34. The molecule has 3 N–H and O–H groups in total. The summed E-state index contributed by atoms with van der Waals surface area (Å²) in [5, 5.41) is 9.07. The molecule has 2 rings (SSSR count). The van der Waals surface area contributed by atoms with Crippen LogP contribution in [0.3, 0.4) is 0 Å². The Balaban J connectivity index is 2.33. The van der Waals surface area contributed by atoms with Crippen LogP contribution in [0, 0.1) is 0 Å². The number of rotatable bonds is 8. The quantitative estimate of drug-likeness (QED) is 0.497. The van der Waals surface area contributed by atoms with E-state index in [2.05, 4.69) is 4.72 Å². The number of benzene rings is 2. The number of hydroxylamine groups is 1. The summed E-state index contributed by atoms with van der Waals surface area (Å²) in [6.07, 6.45) is 1.36. The Morgan fingerprint density at radius 2 is 1.76 bits per heavy atom. The SMILES string of the molecule is CCCCS(=O)(=O)Nc1cccc(C(C(=O)NO)c2ccccc2)c1. The third kappa shape index (κ3) is 5.30. The van der Waals surface area contributed by atoms with Crippen molar-refractivity contribution in [2.45, 2.75) is 25.7 Å². The number of carbonyl (C=O) groups excluding carboxylic acids is 1. The standard InChI is InChI=1S/C18H22N2O4S/c1-2-3-12-25(23,24)20-16-11-7-10-15(13-16)17(18(21)19-22)14-8-5-4-6-9-14/h4-11,13,17,20,22H,2-3,12H2,1H3,(H,19,21). The van der Waals surface area contributed by atoms with Gasteiger partial charge in [0.15, 0.2) is 0 Å². The molecule has 0 saturated heterocycles. The summed E-state index contributed by atoms with van der Waals surface area (Å²) < 4.78 is 26.7. The molecule has 0 bridgehead atoms. The highest BCUT2D eigenvalue weighted by Gasteiger charge is 2.23. The van der Waals surface area contributed by atoms with Crippen molar-refractivity contribution < 1.29 is 18.4 Å². The van der Waals surface area contributed by atoms with Gasteiger partial charge in [0.1, 0.15) is 0 Å². The topological polar surface area (TPSA) is 95.5 Å². The van der Waals surface area contributed by atoms with Crippen LogP contribution < -0.4 is 10.2 Å². The zero-order chi connectivity index (χ0) is 18.3. The van der Waals surface area contributed by atoms with E-state index in [1.165, 1.54) is 0 Å². The molecule has 134 valence electrons. The molecule has 25 heavy (non-hydrogen) atoms. The summed E-state index contributed by atoms with van der Waals surface area (Å²) in [6, 6.07) is 15.6. The van der Waals surface area contributed by atoms with Gasteiger partial charge in [-0.1, -0.05) is 55.8 Å². The number of carbonyl (C=O) groups is 1. The molecule has 0 aliphatic carbocycles. The van der Waals surface area contributed by atoms with Crippen molar-refractivity contribution in [3.05, 3.63) is 65.7 Å². The normalized spacial score (nSPS) is 12.4. The predicted molar refractivity (Wildman–Crippen MR) is 97.0 cm³/mol. The Hall–Kier alpha value is -2.38. The second-order valence-corrected chi connectivity index (χ2v) is 7.56. The number of anilines is 1. The van der Waals surface area contributed by atoms with E-state index < -0.39 is 21.8 Å². The summed E-state index contributed by atoms with van der Waals surface area (Å²) >= 11 is 0. The third-order valence-corrected chi connectivity index (χ3v) is 5.14. The van der Waals surface area contributed by atoms with Crippen LogP contribution in [0.2, 0.25) is 0 Å². The molecule has 0 saturated carbocycles. The minimum Gasteiger partial charge on any atom is -0.289 e. The molecule has 0 aromatic heterocycles. The predicted octanol–water partition coefficient (Wildman–Crippen LogP) is 2.87. The van der Waals surface area contributed by atoms with E-state index in [1.807, 2.05) is 13.0 Å². The first-order valence-corrected chi connectivity index (χ1v) is 9.71. The Morgan fingerprint density at radius 3 is 2.40 bits per heavy atom. The van der Waals surface area contributed by atoms with E-state index in [4.69, 9.17) is 5.21 Å². The van der Waals surface area contributed by atoms with Crippen molar-refractivity contribution >= 4 is 21.6 Å². The molecule has 0 heterocycles. The third-order valence-electron chi connectivity index (χ3n) is 3.77. The molecule has 2 aromatic rings. The van der Waals surface area contributed by atoms with E-state index in [1.54, 1.807) is 54.0 Å². The monoisotopic (exact) mass is 362 g/mol. The van der Waals surface area contributed by atoms with Crippen LogP contribution in [0.25, 0.3) is 0 Å². The molecule has 1 atom stereocenters. The molecule has 1 unspecified atom stereocenters. The van der Waals surface area contributed by atoms with Gasteiger partial charge in [-0.25, -0.2) is 13.9 Å². The van der Waals surface area contributed by atoms with Crippen molar-refractivity contribution in [1.29, 1.82) is 0 Å². The average Bonchev–Trinajstić information content (AvgIpc) is 2.61. The number of sulfonamides is 1. The number of nitrogens with one attached hydrogen (secondary N) is 2. The van der Waals surface area contributed by atoms with Gasteiger partial charge in [-0.15, -0.1) is 0 Å². The summed E-state index contributed by atoms with van der Waals surface area (Å²) in [7, 11) is -3.43. The van der Waals surface area contributed by atoms with Crippen molar-refractivity contribution in [1.82, 2.24) is 5.48 Å². The Morgan fingerprint density at radius 1 is 1.08 bits per heavy atom. The highest BCUT2D eigenvalue weighted by Crippen LogP contribution is 2.27. The van der Waals surface area contributed by atoms with Gasteiger partial charge in [-0.2, -0.15) is 0 Å². The maximum atomic E-state index is 12.2. The molecule has 0 aliphatic heterocycles. The van der Waals surface area contributed by atoms with Crippen LogP contribution in [-0.4, -0.2) is 25.3 Å². The first kappa shape index (κ1) is 19.0. The zero-order valence-electron chi connectivity index (χ0n) is 14.0. The molecule has 2 aromatic carbocycles. The van der Waals surface area contributed by atoms with Gasteiger partial charge in [-0.05, 0) is 29.7 Å². The van der Waals surface area contributed by atoms with E-state index in [0.29, 0.717) is 23.2 Å². The van der Waals surface area contributed by atoms with Gasteiger partial charge in [0.2, 0.25) is 10.0 Å². The van der Waals surface area contributed by atoms with Crippen LogP contribution >= 0.6 is 0 Å². The van der Waals surface area contributed by atoms with Gasteiger partial charge < -0.3 is 0 Å². The minimum absolute atomic E-state index is 0.0486. The van der Waals surface area contributed by atoms with Crippen molar-refractivity contribution in [3.8, 4) is 0 Å². The smallest absolute Gasteiger partial charge is 0.255 e. The fraction of sp³-hybridized carbons (Fsp3) is 0.278. The fourth-order valence-electron chi connectivity index (χ4n) is 2.55. The lowest BCUT2D eigenvalue weighted by Gasteiger charge is -2.17. The van der Waals surface area contributed by atoms with Crippen LogP contribution in [0.15, 0.2) is 54.6 Å². The van der Waals surface area contributed by atoms with E-state index >= 15 is 0 Å². The van der Waals surface area contributed by atoms with Crippen LogP contribution in [-0.2, 0) is 14.8 Å². The maximum absolute atomic E-state index is 12.2. The Labute approximate surface area is 147 Å². The zero-order valence-corrected chi connectivity index (χ0v) is 14.8. The molecule has 6 nitrogen and oxygen atoms in total. The minimum atomic E-state index is -3.43. The highest BCUT2D eigenvalue weighted by atomic mass is 32.2. The van der Waals surface area contributed by atoms with E-state index in [9.17, 15) is 13.2 Å². The molecule has 7 heteroatoms. The number of hydrogen-bond acceptors (Lipinski definition) is 4. The summed E-state index contributed by atoms with van der Waals surface area (Å²) in [6.45, 7) is 1.92. The lowest BCUT2D eigenvalue weighted by Crippen LogP contribution is -2.27. The first-order chi connectivity index (χ1) is 12.0. The second kappa shape index (κ2) is 8.64.